The first kappa shape index (κ1) is 22.7. The van der Waals surface area contributed by atoms with E-state index in [0.717, 1.165) is 31.5 Å². The van der Waals surface area contributed by atoms with Gasteiger partial charge in [0.1, 0.15) is 5.82 Å². The third-order valence-electron chi connectivity index (χ3n) is 5.08. The molecule has 0 unspecified atom stereocenters. The average molecular weight is 472 g/mol. The zero-order chi connectivity index (χ0) is 21.7. The van der Waals surface area contributed by atoms with Gasteiger partial charge >= 0.3 is 6.03 Å². The summed E-state index contributed by atoms with van der Waals surface area (Å²) in [6, 6.07) is 4.95. The van der Waals surface area contributed by atoms with Crippen LogP contribution in [-0.4, -0.2) is 42.7 Å². The number of rotatable bonds is 6. The lowest BCUT2D eigenvalue weighted by molar-refractivity contribution is 0.246. The number of nitrogens with zero attached hydrogens (tertiary/aromatic N) is 3. The van der Waals surface area contributed by atoms with Crippen LogP contribution in [-0.2, 0) is 0 Å². The van der Waals surface area contributed by atoms with Gasteiger partial charge in [-0.25, -0.2) is 9.78 Å². The quantitative estimate of drug-likeness (QED) is 0.533. The van der Waals surface area contributed by atoms with E-state index in [9.17, 15) is 4.79 Å². The number of anilines is 3. The number of nitrogens with one attached hydrogen (secondary N) is 3. The first-order valence-corrected chi connectivity index (χ1v) is 10.9. The second-order valence-corrected chi connectivity index (χ2v) is 8.83. The predicted molar refractivity (Wildman–Crippen MR) is 124 cm³/mol. The SMILES string of the molecule is CN(C)c1ccnc(N[C@H]2CC[C@@H](CNC(=O)Nc3c(Cl)cc(Cl)cc3Cl)CC2)n1. The molecule has 30 heavy (non-hydrogen) atoms. The van der Waals surface area contributed by atoms with E-state index in [0.29, 0.717) is 45.2 Å². The van der Waals surface area contributed by atoms with Crippen molar-refractivity contribution in [2.45, 2.75) is 31.7 Å². The minimum atomic E-state index is -0.338. The van der Waals surface area contributed by atoms with Crippen molar-refractivity contribution >= 4 is 58.3 Å². The van der Waals surface area contributed by atoms with Crippen LogP contribution >= 0.6 is 34.8 Å². The summed E-state index contributed by atoms with van der Waals surface area (Å²) in [5.74, 6) is 1.94. The number of hydrogen-bond donors (Lipinski definition) is 3. The van der Waals surface area contributed by atoms with Crippen molar-refractivity contribution in [3.05, 3.63) is 39.5 Å². The van der Waals surface area contributed by atoms with Crippen molar-refractivity contribution in [2.75, 3.05) is 36.2 Å². The Hall–Kier alpha value is -1.96. The minimum Gasteiger partial charge on any atom is -0.363 e. The van der Waals surface area contributed by atoms with Gasteiger partial charge in [-0.15, -0.1) is 0 Å². The zero-order valence-corrected chi connectivity index (χ0v) is 19.2. The van der Waals surface area contributed by atoms with Crippen LogP contribution in [0.15, 0.2) is 24.4 Å². The van der Waals surface area contributed by atoms with Crippen molar-refractivity contribution in [3.8, 4) is 0 Å². The Morgan fingerprint density at radius 2 is 1.80 bits per heavy atom. The molecule has 1 aromatic carbocycles. The van der Waals surface area contributed by atoms with Crippen molar-refractivity contribution in [1.29, 1.82) is 0 Å². The topological polar surface area (TPSA) is 82.2 Å². The summed E-state index contributed by atoms with van der Waals surface area (Å²) in [5, 5.41) is 10.0. The van der Waals surface area contributed by atoms with Crippen LogP contribution in [0.2, 0.25) is 15.1 Å². The number of carbonyl (C=O) groups is 1. The fourth-order valence-electron chi connectivity index (χ4n) is 3.42. The molecule has 3 rings (SSSR count). The van der Waals surface area contributed by atoms with E-state index in [-0.39, 0.29) is 6.03 Å². The molecule has 0 bridgehead atoms. The lowest BCUT2D eigenvalue weighted by Crippen LogP contribution is -2.36. The Balaban J connectivity index is 1.43. The third kappa shape index (κ3) is 6.27. The zero-order valence-electron chi connectivity index (χ0n) is 16.9. The molecule has 0 aliphatic heterocycles. The molecule has 0 atom stereocenters. The fourth-order valence-corrected chi connectivity index (χ4v) is 4.33. The van der Waals surface area contributed by atoms with Crippen molar-refractivity contribution in [1.82, 2.24) is 15.3 Å². The maximum atomic E-state index is 12.2. The van der Waals surface area contributed by atoms with Gasteiger partial charge in [-0.05, 0) is 49.8 Å². The van der Waals surface area contributed by atoms with E-state index in [1.165, 1.54) is 12.1 Å². The maximum absolute atomic E-state index is 12.2. The first-order chi connectivity index (χ1) is 14.3. The first-order valence-electron chi connectivity index (χ1n) is 9.78. The van der Waals surface area contributed by atoms with Gasteiger partial charge in [0.2, 0.25) is 5.95 Å². The maximum Gasteiger partial charge on any atom is 0.319 e. The summed E-state index contributed by atoms with van der Waals surface area (Å²) < 4.78 is 0. The Morgan fingerprint density at radius 3 is 2.43 bits per heavy atom. The van der Waals surface area contributed by atoms with Gasteiger partial charge in [0.15, 0.2) is 0 Å². The highest BCUT2D eigenvalue weighted by atomic mass is 35.5. The van der Waals surface area contributed by atoms with Crippen molar-refractivity contribution in [3.63, 3.8) is 0 Å². The van der Waals surface area contributed by atoms with Gasteiger partial charge in [0, 0.05) is 37.9 Å². The summed E-state index contributed by atoms with van der Waals surface area (Å²) >= 11 is 18.1. The van der Waals surface area contributed by atoms with E-state index in [4.69, 9.17) is 34.8 Å². The molecule has 1 aromatic heterocycles. The molecule has 0 saturated heterocycles. The van der Waals surface area contributed by atoms with Gasteiger partial charge in [-0.2, -0.15) is 4.98 Å². The van der Waals surface area contributed by atoms with Crippen LogP contribution in [0.4, 0.5) is 22.2 Å². The highest BCUT2D eigenvalue weighted by Crippen LogP contribution is 2.33. The van der Waals surface area contributed by atoms with Gasteiger partial charge in [0.25, 0.3) is 0 Å². The Morgan fingerprint density at radius 1 is 1.13 bits per heavy atom. The minimum absolute atomic E-state index is 0.301. The smallest absolute Gasteiger partial charge is 0.319 e. The van der Waals surface area contributed by atoms with Gasteiger partial charge in [-0.3, -0.25) is 0 Å². The fraction of sp³-hybridized carbons (Fsp3) is 0.450. The van der Waals surface area contributed by atoms with Crippen LogP contribution in [0.1, 0.15) is 25.7 Å². The van der Waals surface area contributed by atoms with Gasteiger partial charge in [0.05, 0.1) is 15.7 Å². The van der Waals surface area contributed by atoms with Crippen LogP contribution in [0.3, 0.4) is 0 Å². The second kappa shape index (κ2) is 10.4. The van der Waals surface area contributed by atoms with Crippen LogP contribution in [0.25, 0.3) is 0 Å². The van der Waals surface area contributed by atoms with Crippen LogP contribution in [0.5, 0.6) is 0 Å². The largest absolute Gasteiger partial charge is 0.363 e. The molecule has 1 aliphatic rings. The Labute approximate surface area is 191 Å². The van der Waals surface area contributed by atoms with Crippen LogP contribution < -0.4 is 20.9 Å². The highest BCUT2D eigenvalue weighted by molar-refractivity contribution is 6.42. The summed E-state index contributed by atoms with van der Waals surface area (Å²) in [5.41, 5.74) is 0.355. The molecule has 162 valence electrons. The van der Waals surface area contributed by atoms with E-state index >= 15 is 0 Å². The lowest BCUT2D eigenvalue weighted by atomic mass is 9.86. The standard InChI is InChI=1S/C20H25Cl3N6O/c1-29(2)17-7-8-24-19(27-17)26-14-5-3-12(4-6-14)11-25-20(30)28-18-15(22)9-13(21)10-16(18)23/h7-10,12,14H,3-6,11H2,1-2H3,(H,24,26,27)(H2,25,28,30)/t12-,14+. The molecule has 2 amide bonds. The number of urea groups is 1. The summed E-state index contributed by atoms with van der Waals surface area (Å²) in [7, 11) is 3.91. The van der Waals surface area contributed by atoms with E-state index in [1.807, 2.05) is 25.1 Å². The Kier molecular flexibility index (Phi) is 7.86. The van der Waals surface area contributed by atoms with Crippen molar-refractivity contribution < 1.29 is 4.79 Å². The van der Waals surface area contributed by atoms with Gasteiger partial charge in [-0.1, -0.05) is 34.8 Å². The number of aromatic nitrogens is 2. The number of amides is 2. The molecule has 1 fully saturated rings. The summed E-state index contributed by atoms with van der Waals surface area (Å²) in [6.45, 7) is 0.591. The molecule has 10 heteroatoms. The monoisotopic (exact) mass is 470 g/mol. The lowest BCUT2D eigenvalue weighted by Gasteiger charge is -2.29. The Bertz CT molecular complexity index is 864. The molecular formula is C20H25Cl3N6O. The van der Waals surface area contributed by atoms with E-state index < -0.39 is 0 Å². The molecule has 3 N–H and O–H groups in total. The summed E-state index contributed by atoms with van der Waals surface area (Å²) in [4.78, 5) is 23.0. The number of hydrogen-bond acceptors (Lipinski definition) is 5. The number of carbonyl (C=O) groups excluding carboxylic acids is 1. The summed E-state index contributed by atoms with van der Waals surface area (Å²) in [6.07, 6.45) is 5.77. The molecular weight excluding hydrogens is 447 g/mol. The average Bonchev–Trinajstić information content (AvgIpc) is 2.70. The second-order valence-electron chi connectivity index (χ2n) is 7.57. The normalized spacial score (nSPS) is 18.6. The molecule has 1 aliphatic carbocycles. The molecule has 1 saturated carbocycles. The highest BCUT2D eigenvalue weighted by Gasteiger charge is 2.22. The molecule has 1 heterocycles. The predicted octanol–water partition coefficient (Wildman–Crippen LogP) is 5.30. The van der Waals surface area contributed by atoms with Crippen LogP contribution in [0, 0.1) is 5.92 Å². The van der Waals surface area contributed by atoms with Crippen molar-refractivity contribution in [2.24, 2.45) is 5.92 Å². The number of benzene rings is 1. The molecule has 7 nitrogen and oxygen atoms in total. The molecule has 0 spiro atoms. The van der Waals surface area contributed by atoms with E-state index in [2.05, 4.69) is 25.9 Å². The number of halogens is 3. The molecule has 0 radical (unpaired) electrons. The molecule has 2 aromatic rings. The van der Waals surface area contributed by atoms with E-state index in [1.54, 1.807) is 6.20 Å². The third-order valence-corrected chi connectivity index (χ3v) is 5.89. The van der Waals surface area contributed by atoms with Gasteiger partial charge < -0.3 is 20.9 Å².